The summed E-state index contributed by atoms with van der Waals surface area (Å²) < 4.78 is 0. The Labute approximate surface area is 238 Å². The maximum absolute atomic E-state index is 11.6. The van der Waals surface area contributed by atoms with Crippen LogP contribution in [0.15, 0.2) is 53.9 Å². The van der Waals surface area contributed by atoms with E-state index in [-0.39, 0.29) is 31.6 Å². The Balaban J connectivity index is 0.000000401. The molecule has 1 heterocycles. The number of carbonyl (C=O) groups is 1. The van der Waals surface area contributed by atoms with E-state index in [1.165, 1.54) is 34.7 Å². The van der Waals surface area contributed by atoms with Crippen molar-refractivity contribution in [2.45, 2.75) is 87.5 Å². The molecule has 0 fully saturated rings. The number of rotatable bonds is 9. The largest absolute Gasteiger partial charge is 0.512 e. The van der Waals surface area contributed by atoms with Crippen LogP contribution in [0.4, 0.5) is 0 Å². The van der Waals surface area contributed by atoms with Crippen LogP contribution in [0.1, 0.15) is 83.9 Å². The summed E-state index contributed by atoms with van der Waals surface area (Å²) in [7, 11) is 0. The van der Waals surface area contributed by atoms with Gasteiger partial charge >= 0.3 is 0 Å². The first-order valence-corrected chi connectivity index (χ1v) is 13.3. The van der Waals surface area contributed by atoms with Gasteiger partial charge in [0.25, 0.3) is 0 Å². The molecule has 37 heavy (non-hydrogen) atoms. The van der Waals surface area contributed by atoms with E-state index in [0.717, 1.165) is 23.2 Å². The number of unbranched alkanes of at least 4 members (excludes halogenated alkanes) is 1. The average molecular weight is 679 g/mol. The Bertz CT molecular complexity index is 1170. The maximum Gasteiger partial charge on any atom is 0.162 e. The zero-order chi connectivity index (χ0) is 26.8. The van der Waals surface area contributed by atoms with Crippen molar-refractivity contribution in [3.05, 3.63) is 76.7 Å². The molecule has 0 aliphatic carbocycles. The van der Waals surface area contributed by atoms with Crippen LogP contribution >= 0.6 is 0 Å². The van der Waals surface area contributed by atoms with E-state index in [1.54, 1.807) is 6.92 Å². The minimum Gasteiger partial charge on any atom is -0.512 e. The van der Waals surface area contributed by atoms with Gasteiger partial charge in [0.1, 0.15) is 0 Å². The Morgan fingerprint density at radius 1 is 1.00 bits per heavy atom. The molecule has 1 aromatic heterocycles. The molecule has 0 bridgehead atoms. The summed E-state index contributed by atoms with van der Waals surface area (Å²) in [6, 6.07) is 16.6. The fourth-order valence-electron chi connectivity index (χ4n) is 4.23. The smallest absolute Gasteiger partial charge is 0.162 e. The second-order valence-corrected chi connectivity index (χ2v) is 10.8. The Morgan fingerprint density at radius 3 is 2.27 bits per heavy atom. The van der Waals surface area contributed by atoms with Crippen molar-refractivity contribution in [3.8, 4) is 11.3 Å². The molecule has 1 radical (unpaired) electrons. The second-order valence-electron chi connectivity index (χ2n) is 10.8. The van der Waals surface area contributed by atoms with E-state index < -0.39 is 0 Å². The summed E-state index contributed by atoms with van der Waals surface area (Å²) in [4.78, 5) is 16.2. The van der Waals surface area contributed by atoms with Crippen LogP contribution in [0.3, 0.4) is 0 Å². The van der Waals surface area contributed by atoms with Crippen LogP contribution in [-0.2, 0) is 31.3 Å². The van der Waals surface area contributed by atoms with Gasteiger partial charge in [0.05, 0.1) is 5.76 Å². The summed E-state index contributed by atoms with van der Waals surface area (Å²) in [5.41, 5.74) is 6.48. The number of benzene rings is 2. The van der Waals surface area contributed by atoms with Crippen molar-refractivity contribution in [2.75, 3.05) is 0 Å². The molecule has 0 saturated carbocycles. The number of nitrogens with zero attached hydrogens (tertiary/aromatic N) is 1. The van der Waals surface area contributed by atoms with Gasteiger partial charge in [0, 0.05) is 44.7 Å². The SMILES string of the molecule is C/C(C(=O)CC(C)C)=C(/O)CC(C)C.CCCCc1ccc2c(-c3[c-]c(C)cc(C)c3)nccc2c1.[Ir]. The predicted octanol–water partition coefficient (Wildman–Crippen LogP) is 9.14. The van der Waals surface area contributed by atoms with Gasteiger partial charge in [-0.2, -0.15) is 0 Å². The van der Waals surface area contributed by atoms with E-state index >= 15 is 0 Å². The Morgan fingerprint density at radius 2 is 1.68 bits per heavy atom. The number of ketones is 1. The van der Waals surface area contributed by atoms with Gasteiger partial charge in [-0.05, 0) is 59.7 Å². The summed E-state index contributed by atoms with van der Waals surface area (Å²) in [5, 5.41) is 12.1. The molecular formula is C33H44IrNO2-. The molecule has 0 aliphatic rings. The number of pyridine rings is 1. The van der Waals surface area contributed by atoms with Gasteiger partial charge in [-0.3, -0.25) is 4.79 Å². The fourth-order valence-corrected chi connectivity index (χ4v) is 4.23. The van der Waals surface area contributed by atoms with Crippen LogP contribution < -0.4 is 0 Å². The first-order valence-electron chi connectivity index (χ1n) is 13.3. The summed E-state index contributed by atoms with van der Waals surface area (Å²) in [6.45, 7) is 16.2. The molecule has 0 aliphatic heterocycles. The average Bonchev–Trinajstić information content (AvgIpc) is 2.80. The van der Waals surface area contributed by atoms with E-state index in [0.29, 0.717) is 30.3 Å². The van der Waals surface area contributed by atoms with Crippen molar-refractivity contribution in [3.63, 3.8) is 0 Å². The van der Waals surface area contributed by atoms with Crippen LogP contribution in [0.5, 0.6) is 0 Å². The zero-order valence-corrected chi connectivity index (χ0v) is 26.3. The monoisotopic (exact) mass is 679 g/mol. The predicted molar refractivity (Wildman–Crippen MR) is 153 cm³/mol. The van der Waals surface area contributed by atoms with Crippen LogP contribution in [0.2, 0.25) is 0 Å². The second kappa shape index (κ2) is 15.8. The van der Waals surface area contributed by atoms with Gasteiger partial charge in [-0.1, -0.05) is 73.1 Å². The molecule has 3 aromatic rings. The maximum atomic E-state index is 11.6. The van der Waals surface area contributed by atoms with Crippen molar-refractivity contribution >= 4 is 16.6 Å². The fraction of sp³-hybridized carbons (Fsp3) is 0.455. The van der Waals surface area contributed by atoms with E-state index in [9.17, 15) is 9.90 Å². The standard InChI is InChI=1S/C21H22N.C12H22O2.Ir/c1-4-5-6-17-7-8-20-18(14-17)9-10-22-21(20)19-12-15(2)11-16(3)13-19;1-8(2)6-11(13)10(5)12(14)7-9(3)4;/h7-12,14H,4-6H2,1-3H3;8-9,13H,6-7H2,1-5H3;/q-1;;/b;11-10-;. The van der Waals surface area contributed by atoms with Gasteiger partial charge in [-0.25, -0.2) is 0 Å². The summed E-state index contributed by atoms with van der Waals surface area (Å²) in [5.74, 6) is 1.06. The van der Waals surface area contributed by atoms with Crippen LogP contribution in [0, 0.1) is 31.7 Å². The molecule has 4 heteroatoms. The molecule has 0 atom stereocenters. The minimum absolute atomic E-state index is 0. The van der Waals surface area contributed by atoms with E-state index in [4.69, 9.17) is 0 Å². The third-order valence-corrected chi connectivity index (χ3v) is 6.10. The number of fused-ring (bicyclic) bond motifs is 1. The molecule has 2 aromatic carbocycles. The molecular weight excluding hydrogens is 635 g/mol. The molecule has 203 valence electrons. The summed E-state index contributed by atoms with van der Waals surface area (Å²) >= 11 is 0. The molecule has 1 N–H and O–H groups in total. The number of Topliss-reactive ketones (excluding diaryl/α,β-unsaturated/α-hetero) is 1. The van der Waals surface area contributed by atoms with Gasteiger partial charge in [0.2, 0.25) is 0 Å². The number of carbonyl (C=O) groups excluding carboxylic acids is 1. The van der Waals surface area contributed by atoms with Crippen LogP contribution in [0.25, 0.3) is 22.0 Å². The third kappa shape index (κ3) is 10.5. The third-order valence-electron chi connectivity index (χ3n) is 6.10. The number of aliphatic hydroxyl groups is 1. The molecule has 0 saturated heterocycles. The van der Waals surface area contributed by atoms with Crippen molar-refractivity contribution in [1.29, 1.82) is 0 Å². The normalized spacial score (nSPS) is 11.6. The van der Waals surface area contributed by atoms with Gasteiger partial charge in [-0.15, -0.1) is 34.9 Å². The van der Waals surface area contributed by atoms with Gasteiger partial charge < -0.3 is 10.1 Å². The van der Waals surface area contributed by atoms with Gasteiger partial charge in [0.15, 0.2) is 5.78 Å². The quantitative estimate of drug-likeness (QED) is 0.140. The summed E-state index contributed by atoms with van der Waals surface area (Å²) in [6.07, 6.45) is 6.65. The van der Waals surface area contributed by atoms with Crippen molar-refractivity contribution < 1.29 is 30.0 Å². The zero-order valence-electron chi connectivity index (χ0n) is 23.9. The number of allylic oxidation sites excluding steroid dienone is 2. The van der Waals surface area contributed by atoms with Crippen molar-refractivity contribution in [1.82, 2.24) is 4.98 Å². The van der Waals surface area contributed by atoms with Crippen LogP contribution in [-0.4, -0.2) is 15.9 Å². The number of aromatic nitrogens is 1. The first-order chi connectivity index (χ1) is 17.0. The van der Waals surface area contributed by atoms with E-state index in [1.807, 2.05) is 33.9 Å². The number of aliphatic hydroxyl groups excluding tert-OH is 1. The number of hydrogen-bond acceptors (Lipinski definition) is 3. The first kappa shape index (κ1) is 32.7. The molecule has 0 spiro atoms. The molecule has 0 unspecified atom stereocenters. The topological polar surface area (TPSA) is 50.2 Å². The number of hydrogen-bond donors (Lipinski definition) is 1. The Kier molecular flexibility index (Phi) is 14.0. The molecule has 3 nitrogen and oxygen atoms in total. The van der Waals surface area contributed by atoms with E-state index in [2.05, 4.69) is 68.2 Å². The molecule has 0 amide bonds. The molecule has 3 rings (SSSR count). The Hall–Kier alpha value is -2.29. The van der Waals surface area contributed by atoms with Crippen molar-refractivity contribution in [2.24, 2.45) is 11.8 Å². The minimum atomic E-state index is 0. The number of aryl methyl sites for hydroxylation is 3.